The van der Waals surface area contributed by atoms with Crippen molar-refractivity contribution < 1.29 is 19.0 Å². The lowest BCUT2D eigenvalue weighted by Gasteiger charge is -2.22. The van der Waals surface area contributed by atoms with Gasteiger partial charge in [0.25, 0.3) is 0 Å². The maximum Gasteiger partial charge on any atom is 0.515 e. The molecule has 0 aliphatic heterocycles. The Hall–Kier alpha value is -1.42. The third-order valence-corrected chi connectivity index (χ3v) is 2.46. The molecule has 0 atom stereocenters. The van der Waals surface area contributed by atoms with Crippen LogP contribution in [-0.4, -0.2) is 19.3 Å². The van der Waals surface area contributed by atoms with Gasteiger partial charge in [-0.2, -0.15) is 0 Å². The van der Waals surface area contributed by atoms with Crippen molar-refractivity contribution in [2.45, 2.75) is 26.2 Å². The van der Waals surface area contributed by atoms with Crippen LogP contribution in [0.4, 0.5) is 4.79 Å². The number of carbonyl (C=O) groups excluding carboxylic acids is 1. The fourth-order valence-electron chi connectivity index (χ4n) is 1.51. The van der Waals surface area contributed by atoms with Gasteiger partial charge >= 0.3 is 6.16 Å². The third kappa shape index (κ3) is 3.81. The fourth-order valence-corrected chi connectivity index (χ4v) is 1.60. The molecule has 0 saturated carbocycles. The third-order valence-electron chi connectivity index (χ3n) is 2.35. The molecule has 4 nitrogen and oxygen atoms in total. The highest BCUT2D eigenvalue weighted by molar-refractivity contribution is 6.17. The summed E-state index contributed by atoms with van der Waals surface area (Å²) in [5.41, 5.74) is 0.822. The smallest absolute Gasteiger partial charge is 0.496 e. The lowest BCUT2D eigenvalue weighted by atomic mass is 9.86. The summed E-state index contributed by atoms with van der Waals surface area (Å²) < 4.78 is 14.8. The summed E-state index contributed by atoms with van der Waals surface area (Å²) in [7, 11) is 1.60. The zero-order chi connectivity index (χ0) is 13.8. The van der Waals surface area contributed by atoms with Crippen LogP contribution in [0.1, 0.15) is 26.3 Å². The molecule has 0 aliphatic rings. The number of rotatable bonds is 3. The van der Waals surface area contributed by atoms with Crippen LogP contribution in [0.3, 0.4) is 0 Å². The standard InChI is InChI=1S/C13H17ClO4/c1-13(2,3)10-7-9(5-6-11(10)16-4)18-12(15)17-8-14/h5-7H,8H2,1-4H3. The number of halogens is 1. The first-order valence-electron chi connectivity index (χ1n) is 5.47. The molecule has 0 amide bonds. The van der Waals surface area contributed by atoms with E-state index in [9.17, 15) is 4.79 Å². The monoisotopic (exact) mass is 272 g/mol. The molecule has 0 radical (unpaired) electrons. The molecule has 0 unspecified atom stereocenters. The quantitative estimate of drug-likeness (QED) is 0.478. The van der Waals surface area contributed by atoms with Crippen LogP contribution >= 0.6 is 11.6 Å². The maximum absolute atomic E-state index is 11.2. The van der Waals surface area contributed by atoms with Crippen LogP contribution in [0.15, 0.2) is 18.2 Å². The van der Waals surface area contributed by atoms with Gasteiger partial charge in [-0.1, -0.05) is 32.4 Å². The lowest BCUT2D eigenvalue weighted by molar-refractivity contribution is 0.115. The summed E-state index contributed by atoms with van der Waals surface area (Å²) in [6.45, 7) is 6.14. The van der Waals surface area contributed by atoms with Gasteiger partial charge in [-0.15, -0.1) is 0 Å². The Morgan fingerprint density at radius 3 is 2.50 bits per heavy atom. The minimum atomic E-state index is -0.824. The largest absolute Gasteiger partial charge is 0.515 e. The molecule has 0 N–H and O–H groups in total. The number of ether oxygens (including phenoxy) is 3. The SMILES string of the molecule is COc1ccc(OC(=O)OCCl)cc1C(C)(C)C. The minimum Gasteiger partial charge on any atom is -0.496 e. The number of benzene rings is 1. The van der Waals surface area contributed by atoms with Gasteiger partial charge in [0, 0.05) is 5.56 Å². The summed E-state index contributed by atoms with van der Waals surface area (Å²) in [4.78, 5) is 11.2. The summed E-state index contributed by atoms with van der Waals surface area (Å²) >= 11 is 5.27. The van der Waals surface area contributed by atoms with Gasteiger partial charge in [0.1, 0.15) is 11.5 Å². The van der Waals surface area contributed by atoms with Crippen LogP contribution < -0.4 is 9.47 Å². The van der Waals surface area contributed by atoms with E-state index in [4.69, 9.17) is 21.1 Å². The Kier molecular flexibility index (Phi) is 4.84. The van der Waals surface area contributed by atoms with E-state index in [1.165, 1.54) is 0 Å². The van der Waals surface area contributed by atoms with E-state index in [-0.39, 0.29) is 11.5 Å². The molecule has 0 bridgehead atoms. The van der Waals surface area contributed by atoms with E-state index in [0.29, 0.717) is 5.75 Å². The average molecular weight is 273 g/mol. The number of alkyl halides is 1. The summed E-state index contributed by atoms with van der Waals surface area (Å²) in [6, 6.07) is 4.92. The molecule has 5 heteroatoms. The highest BCUT2D eigenvalue weighted by Crippen LogP contribution is 2.34. The molecule has 1 aromatic rings. The van der Waals surface area contributed by atoms with Gasteiger partial charge in [0.2, 0.25) is 0 Å². The first-order valence-corrected chi connectivity index (χ1v) is 6.01. The Balaban J connectivity index is 3.00. The van der Waals surface area contributed by atoms with Crippen molar-refractivity contribution in [3.63, 3.8) is 0 Å². The normalized spacial score (nSPS) is 10.9. The predicted octanol–water partition coefficient (Wildman–Crippen LogP) is 3.70. The highest BCUT2D eigenvalue weighted by atomic mass is 35.5. The maximum atomic E-state index is 11.2. The molecule has 1 rings (SSSR count). The molecule has 18 heavy (non-hydrogen) atoms. The van der Waals surface area contributed by atoms with Crippen molar-refractivity contribution in [3.05, 3.63) is 23.8 Å². The van der Waals surface area contributed by atoms with Crippen molar-refractivity contribution in [2.75, 3.05) is 13.2 Å². The second-order valence-corrected chi connectivity index (χ2v) is 4.94. The van der Waals surface area contributed by atoms with Crippen molar-refractivity contribution in [1.82, 2.24) is 0 Å². The van der Waals surface area contributed by atoms with Gasteiger partial charge in [-0.25, -0.2) is 4.79 Å². The first-order chi connectivity index (χ1) is 8.38. The zero-order valence-electron chi connectivity index (χ0n) is 11.0. The van der Waals surface area contributed by atoms with Gasteiger partial charge in [-0.05, 0) is 23.6 Å². The molecule has 0 aliphatic carbocycles. The fraction of sp³-hybridized carbons (Fsp3) is 0.462. The van der Waals surface area contributed by atoms with E-state index in [1.807, 2.05) is 20.8 Å². The molecule has 100 valence electrons. The molecular weight excluding hydrogens is 256 g/mol. The molecule has 0 fully saturated rings. The lowest BCUT2D eigenvalue weighted by Crippen LogP contribution is -2.14. The topological polar surface area (TPSA) is 44.8 Å². The average Bonchev–Trinajstić information content (AvgIpc) is 2.28. The molecule has 1 aromatic carbocycles. The second kappa shape index (κ2) is 5.96. The van der Waals surface area contributed by atoms with E-state index >= 15 is 0 Å². The Labute approximate surface area is 112 Å². The summed E-state index contributed by atoms with van der Waals surface area (Å²) in [6.07, 6.45) is -0.824. The number of hydrogen-bond donors (Lipinski definition) is 0. The number of hydrogen-bond acceptors (Lipinski definition) is 4. The van der Waals surface area contributed by atoms with Crippen molar-refractivity contribution in [1.29, 1.82) is 0 Å². The van der Waals surface area contributed by atoms with Gasteiger partial charge in [-0.3, -0.25) is 0 Å². The van der Waals surface area contributed by atoms with E-state index in [1.54, 1.807) is 25.3 Å². The van der Waals surface area contributed by atoms with E-state index in [0.717, 1.165) is 11.3 Å². The van der Waals surface area contributed by atoms with Gasteiger partial charge in [0.15, 0.2) is 6.07 Å². The Morgan fingerprint density at radius 1 is 1.33 bits per heavy atom. The molecule has 0 spiro atoms. The van der Waals surface area contributed by atoms with Crippen molar-refractivity contribution in [2.24, 2.45) is 0 Å². The van der Waals surface area contributed by atoms with Gasteiger partial charge < -0.3 is 14.2 Å². The molecule has 0 aromatic heterocycles. The van der Waals surface area contributed by atoms with Crippen LogP contribution in [0.2, 0.25) is 0 Å². The molecule has 0 heterocycles. The van der Waals surface area contributed by atoms with E-state index in [2.05, 4.69) is 4.74 Å². The van der Waals surface area contributed by atoms with Crippen LogP contribution in [0.25, 0.3) is 0 Å². The highest BCUT2D eigenvalue weighted by Gasteiger charge is 2.20. The predicted molar refractivity (Wildman–Crippen MR) is 69.5 cm³/mol. The van der Waals surface area contributed by atoms with Crippen molar-refractivity contribution in [3.8, 4) is 11.5 Å². The number of methoxy groups -OCH3 is 1. The summed E-state index contributed by atoms with van der Waals surface area (Å²) in [5, 5.41) is 0. The summed E-state index contributed by atoms with van der Waals surface area (Å²) in [5.74, 6) is 1.15. The zero-order valence-corrected chi connectivity index (χ0v) is 11.7. The van der Waals surface area contributed by atoms with Crippen LogP contribution in [-0.2, 0) is 10.2 Å². The Bertz CT molecular complexity index is 423. The molecular formula is C13H17ClO4. The van der Waals surface area contributed by atoms with Crippen LogP contribution in [0.5, 0.6) is 11.5 Å². The van der Waals surface area contributed by atoms with Crippen molar-refractivity contribution >= 4 is 17.8 Å². The Morgan fingerprint density at radius 2 is 2.00 bits per heavy atom. The van der Waals surface area contributed by atoms with Gasteiger partial charge in [0.05, 0.1) is 7.11 Å². The first kappa shape index (κ1) is 14.6. The van der Waals surface area contributed by atoms with Crippen LogP contribution in [0, 0.1) is 0 Å². The minimum absolute atomic E-state index is 0.124. The molecule has 0 saturated heterocycles. The second-order valence-electron chi connectivity index (χ2n) is 4.72. The number of carbonyl (C=O) groups is 1. The van der Waals surface area contributed by atoms with E-state index < -0.39 is 6.16 Å².